The fourth-order valence-corrected chi connectivity index (χ4v) is 2.58. The van der Waals surface area contributed by atoms with Crippen molar-refractivity contribution in [3.05, 3.63) is 29.3 Å². The summed E-state index contributed by atoms with van der Waals surface area (Å²) in [5.74, 6) is 1.25. The van der Waals surface area contributed by atoms with Gasteiger partial charge in [-0.05, 0) is 24.1 Å². The number of aryl methyl sites for hydroxylation is 1. The van der Waals surface area contributed by atoms with Crippen molar-refractivity contribution in [2.75, 3.05) is 13.7 Å². The number of hydrogen-bond donors (Lipinski definition) is 1. The SMILES string of the molecule is COc1cc(CCOC(=N)CC(I)(I)I)ccc1C. The lowest BCUT2D eigenvalue weighted by molar-refractivity contribution is 0.298. The molecule has 1 aromatic rings. The van der Waals surface area contributed by atoms with Crippen LogP contribution in [0.25, 0.3) is 0 Å². The second-order valence-electron chi connectivity index (χ2n) is 4.12. The summed E-state index contributed by atoms with van der Waals surface area (Å²) < 4.78 is 10.8. The Morgan fingerprint density at radius 3 is 2.58 bits per heavy atom. The smallest absolute Gasteiger partial charge is 0.183 e. The van der Waals surface area contributed by atoms with Gasteiger partial charge in [0.05, 0.1) is 20.1 Å². The normalized spacial score (nSPS) is 11.2. The van der Waals surface area contributed by atoms with Gasteiger partial charge in [0.25, 0.3) is 0 Å². The molecule has 0 saturated heterocycles. The maximum absolute atomic E-state index is 7.76. The van der Waals surface area contributed by atoms with Gasteiger partial charge in [-0.2, -0.15) is 0 Å². The van der Waals surface area contributed by atoms with Crippen LogP contribution in [0.3, 0.4) is 0 Å². The van der Waals surface area contributed by atoms with Gasteiger partial charge in [-0.25, -0.2) is 0 Å². The Morgan fingerprint density at radius 1 is 1.32 bits per heavy atom. The van der Waals surface area contributed by atoms with Crippen LogP contribution in [-0.2, 0) is 11.2 Å². The van der Waals surface area contributed by atoms with Gasteiger partial charge in [0.2, 0.25) is 0 Å². The molecule has 1 aromatic carbocycles. The molecule has 0 aliphatic carbocycles. The summed E-state index contributed by atoms with van der Waals surface area (Å²) in [6.45, 7) is 2.56. The number of halogens is 3. The highest BCUT2D eigenvalue weighted by Crippen LogP contribution is 2.39. The van der Waals surface area contributed by atoms with Crippen molar-refractivity contribution in [3.8, 4) is 5.75 Å². The van der Waals surface area contributed by atoms with Gasteiger partial charge in [0, 0.05) is 6.42 Å². The quantitative estimate of drug-likeness (QED) is 0.219. The van der Waals surface area contributed by atoms with E-state index in [1.807, 2.05) is 19.1 Å². The Bertz CT molecular complexity index is 444. The summed E-state index contributed by atoms with van der Waals surface area (Å²) in [5.41, 5.74) is 2.30. The summed E-state index contributed by atoms with van der Waals surface area (Å²) in [6.07, 6.45) is 1.42. The molecule has 0 amide bonds. The van der Waals surface area contributed by atoms with Crippen molar-refractivity contribution in [2.24, 2.45) is 0 Å². The molecule has 0 unspecified atom stereocenters. The zero-order valence-corrected chi connectivity index (χ0v) is 17.3. The van der Waals surface area contributed by atoms with Crippen LogP contribution < -0.4 is 4.74 Å². The molecule has 0 atom stereocenters. The molecule has 0 aliphatic heterocycles. The van der Waals surface area contributed by atoms with E-state index < -0.39 is 0 Å². The van der Waals surface area contributed by atoms with Gasteiger partial charge in [-0.1, -0.05) is 79.9 Å². The fourth-order valence-electron chi connectivity index (χ4n) is 1.55. The molecule has 0 bridgehead atoms. The van der Waals surface area contributed by atoms with Crippen LogP contribution >= 0.6 is 67.8 Å². The molecular weight excluding hydrogens is 583 g/mol. The van der Waals surface area contributed by atoms with Gasteiger partial charge in [0.15, 0.2) is 5.90 Å². The molecular formula is C13H16I3NO2. The first-order valence-electron chi connectivity index (χ1n) is 5.72. The van der Waals surface area contributed by atoms with Crippen molar-refractivity contribution in [2.45, 2.75) is 19.2 Å². The van der Waals surface area contributed by atoms with Crippen molar-refractivity contribution in [1.29, 1.82) is 5.41 Å². The molecule has 0 fully saturated rings. The predicted octanol–water partition coefficient (Wildman–Crippen LogP) is 4.89. The first-order chi connectivity index (χ1) is 8.81. The van der Waals surface area contributed by atoms with Crippen molar-refractivity contribution in [1.82, 2.24) is 0 Å². The predicted molar refractivity (Wildman–Crippen MR) is 105 cm³/mol. The van der Waals surface area contributed by atoms with Crippen molar-refractivity contribution < 1.29 is 9.47 Å². The number of benzene rings is 1. The molecule has 1 N–H and O–H groups in total. The van der Waals surface area contributed by atoms with Gasteiger partial charge in [-0.3, -0.25) is 5.41 Å². The molecule has 3 nitrogen and oxygen atoms in total. The molecule has 0 saturated carbocycles. The molecule has 0 radical (unpaired) electrons. The van der Waals surface area contributed by atoms with E-state index in [-0.39, 0.29) is -0.565 Å². The zero-order chi connectivity index (χ0) is 14.5. The third-order valence-corrected chi connectivity index (χ3v) is 3.64. The Hall–Kier alpha value is 0.680. The molecule has 0 aliphatic rings. The molecule has 0 aromatic heterocycles. The number of nitrogens with one attached hydrogen (secondary N) is 1. The lowest BCUT2D eigenvalue weighted by Gasteiger charge is -2.14. The number of alkyl halides is 3. The summed E-state index contributed by atoms with van der Waals surface area (Å²) in [4.78, 5) is 0. The van der Waals surface area contributed by atoms with Gasteiger partial charge in [-0.15, -0.1) is 0 Å². The van der Waals surface area contributed by atoms with Gasteiger partial charge < -0.3 is 9.47 Å². The van der Waals surface area contributed by atoms with E-state index in [9.17, 15) is 0 Å². The minimum Gasteiger partial charge on any atom is -0.496 e. The largest absolute Gasteiger partial charge is 0.496 e. The Morgan fingerprint density at radius 2 is 2.00 bits per heavy atom. The average Bonchev–Trinajstić information content (AvgIpc) is 2.29. The van der Waals surface area contributed by atoms with E-state index in [0.717, 1.165) is 17.7 Å². The van der Waals surface area contributed by atoms with E-state index in [2.05, 4.69) is 73.8 Å². The first kappa shape index (κ1) is 17.7. The summed E-state index contributed by atoms with van der Waals surface area (Å²) >= 11 is 6.91. The maximum atomic E-state index is 7.76. The van der Waals surface area contributed by atoms with E-state index in [1.54, 1.807) is 7.11 Å². The fraction of sp³-hybridized carbons (Fsp3) is 0.462. The lowest BCUT2D eigenvalue weighted by atomic mass is 10.1. The lowest BCUT2D eigenvalue weighted by Crippen LogP contribution is -2.13. The topological polar surface area (TPSA) is 42.3 Å². The highest BCUT2D eigenvalue weighted by Gasteiger charge is 2.20. The van der Waals surface area contributed by atoms with E-state index >= 15 is 0 Å². The van der Waals surface area contributed by atoms with Gasteiger partial charge >= 0.3 is 0 Å². The standard InChI is InChI=1S/C13H16I3NO2/c1-9-3-4-10(7-11(9)18-2)5-6-19-12(17)8-13(14,15)16/h3-4,7,17H,5-6,8H2,1-2H3. The van der Waals surface area contributed by atoms with Crippen LogP contribution in [0.1, 0.15) is 17.5 Å². The number of ether oxygens (including phenoxy) is 2. The number of rotatable bonds is 6. The molecule has 19 heavy (non-hydrogen) atoms. The summed E-state index contributed by atoms with van der Waals surface area (Å²) in [6, 6.07) is 6.15. The second kappa shape index (κ2) is 8.20. The van der Waals surface area contributed by atoms with E-state index in [1.165, 1.54) is 5.56 Å². The summed E-state index contributed by atoms with van der Waals surface area (Å²) in [5, 5.41) is 7.76. The third-order valence-electron chi connectivity index (χ3n) is 2.50. The Balaban J connectivity index is 2.43. The zero-order valence-electron chi connectivity index (χ0n) is 10.8. The average molecular weight is 599 g/mol. The molecule has 6 heteroatoms. The van der Waals surface area contributed by atoms with Crippen LogP contribution in [0.4, 0.5) is 0 Å². The highest BCUT2D eigenvalue weighted by molar-refractivity contribution is 14.3. The van der Waals surface area contributed by atoms with Crippen LogP contribution in [0.2, 0.25) is 0 Å². The molecule has 106 valence electrons. The van der Waals surface area contributed by atoms with Crippen LogP contribution in [0.15, 0.2) is 18.2 Å². The molecule has 1 rings (SSSR count). The van der Waals surface area contributed by atoms with Gasteiger partial charge in [0.1, 0.15) is 5.18 Å². The monoisotopic (exact) mass is 599 g/mol. The second-order valence-corrected chi connectivity index (χ2v) is 15.8. The van der Waals surface area contributed by atoms with E-state index in [4.69, 9.17) is 14.9 Å². The van der Waals surface area contributed by atoms with Crippen molar-refractivity contribution in [3.63, 3.8) is 0 Å². The van der Waals surface area contributed by atoms with Crippen LogP contribution in [-0.4, -0.2) is 19.0 Å². The maximum Gasteiger partial charge on any atom is 0.183 e. The highest BCUT2D eigenvalue weighted by atomic mass is 127. The Labute approximate surface area is 155 Å². The minimum atomic E-state index is 0.0114. The van der Waals surface area contributed by atoms with Crippen LogP contribution in [0, 0.1) is 12.3 Å². The number of hydrogen-bond acceptors (Lipinski definition) is 3. The van der Waals surface area contributed by atoms with Crippen molar-refractivity contribution >= 4 is 73.7 Å². The first-order valence-corrected chi connectivity index (χ1v) is 8.96. The molecule has 0 spiro atoms. The minimum absolute atomic E-state index is 0.0114. The Kier molecular flexibility index (Phi) is 7.65. The third kappa shape index (κ3) is 7.30. The van der Waals surface area contributed by atoms with Crippen LogP contribution in [0.5, 0.6) is 5.75 Å². The van der Waals surface area contributed by atoms with E-state index in [0.29, 0.717) is 18.9 Å². The number of methoxy groups -OCH3 is 1. The summed E-state index contributed by atoms with van der Waals surface area (Å²) in [7, 11) is 1.68. The molecule has 0 heterocycles.